The summed E-state index contributed by atoms with van der Waals surface area (Å²) in [5.41, 5.74) is 3.89. The molecule has 1 aliphatic carbocycles. The zero-order chi connectivity index (χ0) is 25.6. The lowest BCUT2D eigenvalue weighted by atomic mass is 9.80. The second kappa shape index (κ2) is 11.8. The highest BCUT2D eigenvalue weighted by Crippen LogP contribution is 2.36. The third kappa shape index (κ3) is 7.37. The van der Waals surface area contributed by atoms with E-state index in [9.17, 15) is 14.4 Å². The van der Waals surface area contributed by atoms with Crippen LogP contribution in [0.3, 0.4) is 0 Å². The summed E-state index contributed by atoms with van der Waals surface area (Å²) in [6, 6.07) is 16.2. The molecule has 4 heteroatoms. The summed E-state index contributed by atoms with van der Waals surface area (Å²) in [6.45, 7) is 9.61. The van der Waals surface area contributed by atoms with Crippen molar-refractivity contribution >= 4 is 17.5 Å². The predicted octanol–water partition coefficient (Wildman–Crippen LogP) is 6.56. The number of fused-ring (bicyclic) bond motifs is 1. The van der Waals surface area contributed by atoms with Crippen molar-refractivity contribution in [2.24, 2.45) is 11.8 Å². The number of esters is 1. The minimum absolute atomic E-state index is 0.0151. The molecule has 0 saturated heterocycles. The van der Waals surface area contributed by atoms with Crippen molar-refractivity contribution in [1.29, 1.82) is 0 Å². The fourth-order valence-corrected chi connectivity index (χ4v) is 5.20. The van der Waals surface area contributed by atoms with Crippen LogP contribution < -0.4 is 0 Å². The number of carbonyl (C=O) groups excluding carboxylic acids is 3. The van der Waals surface area contributed by atoms with Gasteiger partial charge in [-0.05, 0) is 75.6 Å². The number of Topliss-reactive ketones (excluding diaryl/α,β-unsaturated/α-hetero) is 2. The van der Waals surface area contributed by atoms with E-state index in [1.54, 1.807) is 0 Å². The van der Waals surface area contributed by atoms with Gasteiger partial charge in [-0.1, -0.05) is 61.9 Å². The monoisotopic (exact) mass is 476 g/mol. The van der Waals surface area contributed by atoms with Crippen molar-refractivity contribution in [3.8, 4) is 0 Å². The van der Waals surface area contributed by atoms with Crippen LogP contribution in [0.25, 0.3) is 0 Å². The van der Waals surface area contributed by atoms with Crippen LogP contribution in [-0.4, -0.2) is 23.1 Å². The minimum atomic E-state index is -0.607. The Morgan fingerprint density at radius 1 is 1.06 bits per heavy atom. The van der Waals surface area contributed by atoms with Crippen molar-refractivity contribution in [2.45, 2.75) is 91.1 Å². The maximum Gasteiger partial charge on any atom is 0.307 e. The van der Waals surface area contributed by atoms with E-state index in [2.05, 4.69) is 19.1 Å². The van der Waals surface area contributed by atoms with Crippen LogP contribution in [0.2, 0.25) is 0 Å². The summed E-state index contributed by atoms with van der Waals surface area (Å²) < 4.78 is 5.55. The summed E-state index contributed by atoms with van der Waals surface area (Å²) in [7, 11) is 0. The van der Waals surface area contributed by atoms with Crippen molar-refractivity contribution in [3.05, 3.63) is 70.8 Å². The van der Waals surface area contributed by atoms with Crippen LogP contribution in [0, 0.1) is 18.8 Å². The maximum absolute atomic E-state index is 13.7. The van der Waals surface area contributed by atoms with Gasteiger partial charge in [-0.3, -0.25) is 14.4 Å². The Hall–Kier alpha value is -2.75. The van der Waals surface area contributed by atoms with Gasteiger partial charge >= 0.3 is 5.97 Å². The lowest BCUT2D eigenvalue weighted by Crippen LogP contribution is -2.30. The van der Waals surface area contributed by atoms with Crippen LogP contribution in [0.15, 0.2) is 48.5 Å². The average molecular weight is 477 g/mol. The van der Waals surface area contributed by atoms with Crippen LogP contribution in [-0.2, 0) is 32.0 Å². The van der Waals surface area contributed by atoms with Gasteiger partial charge in [0.2, 0.25) is 0 Å². The van der Waals surface area contributed by atoms with Crippen molar-refractivity contribution < 1.29 is 19.1 Å². The van der Waals surface area contributed by atoms with E-state index >= 15 is 0 Å². The maximum atomic E-state index is 13.7. The van der Waals surface area contributed by atoms with Crippen molar-refractivity contribution in [2.75, 3.05) is 0 Å². The molecule has 0 amide bonds. The molecular formula is C31H40O4. The Bertz CT molecular complexity index is 1050. The molecule has 3 atom stereocenters. The molecule has 2 aromatic carbocycles. The van der Waals surface area contributed by atoms with Gasteiger partial charge < -0.3 is 4.74 Å². The molecule has 2 aromatic rings. The highest BCUT2D eigenvalue weighted by molar-refractivity contribution is 5.94. The minimum Gasteiger partial charge on any atom is -0.460 e. The van der Waals surface area contributed by atoms with Crippen LogP contribution in [0.5, 0.6) is 0 Å². The molecule has 0 heterocycles. The Morgan fingerprint density at radius 3 is 2.43 bits per heavy atom. The molecule has 3 rings (SSSR count). The first kappa shape index (κ1) is 26.8. The third-order valence-electron chi connectivity index (χ3n) is 6.98. The van der Waals surface area contributed by atoms with E-state index < -0.39 is 11.5 Å². The fourth-order valence-electron chi connectivity index (χ4n) is 5.20. The summed E-state index contributed by atoms with van der Waals surface area (Å²) >= 11 is 0. The molecule has 0 saturated carbocycles. The fraction of sp³-hybridized carbons (Fsp3) is 0.516. The van der Waals surface area contributed by atoms with Gasteiger partial charge in [-0.25, -0.2) is 0 Å². The second-order valence-electron chi connectivity index (χ2n) is 11.0. The topological polar surface area (TPSA) is 60.4 Å². The lowest BCUT2D eigenvalue weighted by molar-refractivity contribution is -0.157. The predicted molar refractivity (Wildman–Crippen MR) is 139 cm³/mol. The number of hydrogen-bond acceptors (Lipinski definition) is 4. The van der Waals surface area contributed by atoms with Gasteiger partial charge in [-0.2, -0.15) is 0 Å². The molecule has 0 fully saturated rings. The van der Waals surface area contributed by atoms with Crippen LogP contribution in [0.4, 0.5) is 0 Å². The zero-order valence-electron chi connectivity index (χ0n) is 21.9. The molecule has 3 unspecified atom stereocenters. The number of ketones is 2. The van der Waals surface area contributed by atoms with Gasteiger partial charge in [0.15, 0.2) is 0 Å². The van der Waals surface area contributed by atoms with Crippen LogP contribution in [0.1, 0.15) is 88.0 Å². The van der Waals surface area contributed by atoms with E-state index in [0.29, 0.717) is 12.8 Å². The molecule has 0 bridgehead atoms. The number of ether oxygens (including phenoxy) is 1. The first-order valence-electron chi connectivity index (χ1n) is 13.0. The van der Waals surface area contributed by atoms with E-state index in [-0.39, 0.29) is 42.2 Å². The van der Waals surface area contributed by atoms with E-state index in [4.69, 9.17) is 4.74 Å². The number of carbonyl (C=O) groups is 3. The molecular weight excluding hydrogens is 436 g/mol. The first-order valence-corrected chi connectivity index (χ1v) is 13.0. The highest BCUT2D eigenvalue weighted by atomic mass is 16.6. The Labute approximate surface area is 210 Å². The molecule has 0 spiro atoms. The summed E-state index contributed by atoms with van der Waals surface area (Å²) in [5.74, 6) is -1.18. The molecule has 0 aromatic heterocycles. The average Bonchev–Trinajstić information content (AvgIpc) is 2.91. The Kier molecular flexibility index (Phi) is 9.04. The molecule has 0 aliphatic heterocycles. The molecule has 35 heavy (non-hydrogen) atoms. The molecule has 4 nitrogen and oxygen atoms in total. The summed E-state index contributed by atoms with van der Waals surface area (Å²) in [4.78, 5) is 40.0. The van der Waals surface area contributed by atoms with Crippen molar-refractivity contribution in [3.63, 3.8) is 0 Å². The zero-order valence-corrected chi connectivity index (χ0v) is 21.9. The van der Waals surface area contributed by atoms with E-state index in [1.807, 2.05) is 64.1 Å². The standard InChI is InChI=1S/C31H40O4/c1-6-11-27-26-15-10-9-13-22(26)16-17-24(30(27)34)19-28(32)25(20-29(33)35-31(3,4)5)18-23-14-8-7-12-21(23)2/h7-10,12-15,24-25,27H,6,11,16-20H2,1-5H3. The van der Waals surface area contributed by atoms with E-state index in [1.165, 1.54) is 5.56 Å². The molecule has 0 radical (unpaired) electrons. The highest BCUT2D eigenvalue weighted by Gasteiger charge is 2.35. The van der Waals surface area contributed by atoms with Gasteiger partial charge in [0, 0.05) is 24.2 Å². The Balaban J connectivity index is 1.81. The number of hydrogen-bond donors (Lipinski definition) is 0. The second-order valence-corrected chi connectivity index (χ2v) is 11.0. The SMILES string of the molecule is CCCC1C(=O)C(CC(=O)C(CC(=O)OC(C)(C)C)Cc2ccccc2C)CCc2ccccc21. The third-order valence-corrected chi connectivity index (χ3v) is 6.98. The van der Waals surface area contributed by atoms with Gasteiger partial charge in [0.25, 0.3) is 0 Å². The molecule has 1 aliphatic rings. The largest absolute Gasteiger partial charge is 0.460 e. The lowest BCUT2D eigenvalue weighted by Gasteiger charge is -2.24. The van der Waals surface area contributed by atoms with E-state index in [0.717, 1.165) is 36.0 Å². The van der Waals surface area contributed by atoms with Crippen LogP contribution >= 0.6 is 0 Å². The van der Waals surface area contributed by atoms with Gasteiger partial charge in [0.05, 0.1) is 6.42 Å². The number of benzene rings is 2. The first-order chi connectivity index (χ1) is 16.6. The summed E-state index contributed by atoms with van der Waals surface area (Å²) in [6.07, 6.45) is 3.88. The van der Waals surface area contributed by atoms with Crippen molar-refractivity contribution in [1.82, 2.24) is 0 Å². The smallest absolute Gasteiger partial charge is 0.307 e. The molecule has 0 N–H and O–H groups in total. The van der Waals surface area contributed by atoms with Gasteiger partial charge in [-0.15, -0.1) is 0 Å². The van der Waals surface area contributed by atoms with Gasteiger partial charge in [0.1, 0.15) is 17.2 Å². The number of aryl methyl sites for hydroxylation is 2. The Morgan fingerprint density at radius 2 is 1.74 bits per heavy atom. The normalized spacial score (nSPS) is 18.9. The summed E-state index contributed by atoms with van der Waals surface area (Å²) in [5, 5.41) is 0. The number of rotatable bonds is 9. The quantitative estimate of drug-likeness (QED) is 0.304. The molecule has 188 valence electrons.